The highest BCUT2D eigenvalue weighted by atomic mass is 16.5. The van der Waals surface area contributed by atoms with Gasteiger partial charge in [0, 0.05) is 16.5 Å². The summed E-state index contributed by atoms with van der Waals surface area (Å²) in [5, 5.41) is 2.43. The Morgan fingerprint density at radius 3 is 2.43 bits per heavy atom. The van der Waals surface area contributed by atoms with Crippen LogP contribution in [0.1, 0.15) is 11.1 Å². The summed E-state index contributed by atoms with van der Waals surface area (Å²) in [5.74, 6) is 2.01. The highest BCUT2D eigenvalue weighted by Crippen LogP contribution is 2.41. The molecule has 0 unspecified atom stereocenters. The van der Waals surface area contributed by atoms with Gasteiger partial charge in [0.1, 0.15) is 24.7 Å². The summed E-state index contributed by atoms with van der Waals surface area (Å²) in [6.07, 6.45) is 4.10. The predicted molar refractivity (Wildman–Crippen MR) is 115 cm³/mol. The molecule has 2 nitrogen and oxygen atoms in total. The van der Waals surface area contributed by atoms with Crippen molar-refractivity contribution in [1.82, 2.24) is 0 Å². The fraction of sp³-hybridized carbons (Fsp3) is 0.0769. The number of hydrogen-bond acceptors (Lipinski definition) is 2. The van der Waals surface area contributed by atoms with Gasteiger partial charge in [-0.05, 0) is 28.7 Å². The van der Waals surface area contributed by atoms with Crippen LogP contribution >= 0.6 is 0 Å². The van der Waals surface area contributed by atoms with Crippen LogP contribution in [-0.4, -0.2) is 6.61 Å². The van der Waals surface area contributed by atoms with E-state index in [4.69, 9.17) is 9.47 Å². The van der Waals surface area contributed by atoms with Crippen LogP contribution in [0.15, 0.2) is 91.0 Å². The van der Waals surface area contributed by atoms with Crippen LogP contribution in [0, 0.1) is 0 Å². The van der Waals surface area contributed by atoms with Crippen LogP contribution in [0.3, 0.4) is 0 Å². The van der Waals surface area contributed by atoms with Crippen LogP contribution in [0.2, 0.25) is 0 Å². The van der Waals surface area contributed by atoms with Crippen molar-refractivity contribution in [3.05, 3.63) is 102 Å². The van der Waals surface area contributed by atoms with Gasteiger partial charge in [0.25, 0.3) is 0 Å². The molecule has 2 heterocycles. The predicted octanol–water partition coefficient (Wildman–Crippen LogP) is 6.49. The molecule has 136 valence electrons. The molecule has 2 aliphatic heterocycles. The first-order valence-corrected chi connectivity index (χ1v) is 9.51. The quantitative estimate of drug-likeness (QED) is 0.355. The number of para-hydroxylation sites is 1. The van der Waals surface area contributed by atoms with Gasteiger partial charge in [-0.25, -0.2) is 0 Å². The Kier molecular flexibility index (Phi) is 4.30. The first-order chi connectivity index (χ1) is 13.9. The Bertz CT molecular complexity index is 1170. The Morgan fingerprint density at radius 2 is 1.46 bits per heavy atom. The third-order valence-corrected chi connectivity index (χ3v) is 5.11. The van der Waals surface area contributed by atoms with Crippen LogP contribution in [-0.2, 0) is 6.61 Å². The van der Waals surface area contributed by atoms with Gasteiger partial charge >= 0.3 is 0 Å². The van der Waals surface area contributed by atoms with Gasteiger partial charge in [0.15, 0.2) is 0 Å². The molecule has 28 heavy (non-hydrogen) atoms. The largest absolute Gasteiger partial charge is 0.489 e. The maximum Gasteiger partial charge on any atom is 0.135 e. The second-order valence-electron chi connectivity index (χ2n) is 6.86. The topological polar surface area (TPSA) is 18.5 Å². The number of rotatable bonds is 0. The van der Waals surface area contributed by atoms with Gasteiger partial charge in [0.05, 0.1) is 0 Å². The van der Waals surface area contributed by atoms with E-state index in [0.29, 0.717) is 13.2 Å². The van der Waals surface area contributed by atoms with Gasteiger partial charge in [-0.15, -0.1) is 0 Å². The van der Waals surface area contributed by atoms with Crippen molar-refractivity contribution in [3.8, 4) is 22.6 Å². The van der Waals surface area contributed by atoms with Crippen molar-refractivity contribution in [3.63, 3.8) is 0 Å². The van der Waals surface area contributed by atoms with E-state index < -0.39 is 0 Å². The molecule has 2 aliphatic rings. The Morgan fingerprint density at radius 1 is 0.643 bits per heavy atom. The lowest BCUT2D eigenvalue weighted by Crippen LogP contribution is -2.05. The van der Waals surface area contributed by atoms with Crippen molar-refractivity contribution >= 4 is 16.8 Å². The van der Waals surface area contributed by atoms with E-state index in [2.05, 4.69) is 66.7 Å². The molecule has 0 saturated carbocycles. The van der Waals surface area contributed by atoms with Gasteiger partial charge < -0.3 is 9.47 Å². The normalized spacial score (nSPS) is 13.1. The lowest BCUT2D eigenvalue weighted by Gasteiger charge is -2.22. The summed E-state index contributed by atoms with van der Waals surface area (Å²) in [4.78, 5) is 0. The minimum atomic E-state index is 0.664. The van der Waals surface area contributed by atoms with Gasteiger partial charge in [-0.1, -0.05) is 84.9 Å². The minimum Gasteiger partial charge on any atom is -0.489 e. The molecular weight excluding hydrogens is 344 g/mol. The minimum absolute atomic E-state index is 0.664. The summed E-state index contributed by atoms with van der Waals surface area (Å²) in [6.45, 7) is 1.37. The molecule has 6 rings (SSSR count). The highest BCUT2D eigenvalue weighted by Gasteiger charge is 2.18. The molecule has 0 amide bonds. The standard InChI is InChI=1S/C17H12O.C9H8O/c1-4-8-15-12(5-1)9-10-16-14-7-3-2-6-13(14)11-18-17(15)16;1-2-6-9-8(4-1)5-3-7-10-9/h1-10H,11H2;1-6H,7H2. The molecule has 0 fully saturated rings. The molecule has 0 spiro atoms. The first kappa shape index (κ1) is 16.6. The molecule has 2 heteroatoms. The van der Waals surface area contributed by atoms with Crippen molar-refractivity contribution < 1.29 is 9.47 Å². The van der Waals surface area contributed by atoms with E-state index >= 15 is 0 Å². The zero-order chi connectivity index (χ0) is 18.8. The van der Waals surface area contributed by atoms with Crippen molar-refractivity contribution in [2.24, 2.45) is 0 Å². The molecule has 0 radical (unpaired) electrons. The van der Waals surface area contributed by atoms with Crippen molar-refractivity contribution in [2.75, 3.05) is 6.61 Å². The van der Waals surface area contributed by atoms with Gasteiger partial charge in [0.2, 0.25) is 0 Å². The summed E-state index contributed by atoms with van der Waals surface area (Å²) in [7, 11) is 0. The molecule has 0 aromatic heterocycles. The summed E-state index contributed by atoms with van der Waals surface area (Å²) < 4.78 is 11.3. The molecule has 4 aromatic carbocycles. The smallest absolute Gasteiger partial charge is 0.135 e. The van der Waals surface area contributed by atoms with Crippen LogP contribution in [0.5, 0.6) is 11.5 Å². The Labute approximate surface area is 164 Å². The third-order valence-electron chi connectivity index (χ3n) is 5.11. The molecule has 0 bridgehead atoms. The van der Waals surface area contributed by atoms with E-state index in [-0.39, 0.29) is 0 Å². The zero-order valence-corrected chi connectivity index (χ0v) is 15.5. The summed E-state index contributed by atoms with van der Waals surface area (Å²) in [6, 6.07) is 29.2. The molecule has 0 N–H and O–H groups in total. The van der Waals surface area contributed by atoms with Crippen LogP contribution < -0.4 is 9.47 Å². The molecule has 0 saturated heterocycles. The molecule has 0 atom stereocenters. The number of hydrogen-bond donors (Lipinski definition) is 0. The highest BCUT2D eigenvalue weighted by molar-refractivity contribution is 5.96. The number of ether oxygens (including phenoxy) is 2. The monoisotopic (exact) mass is 364 g/mol. The Hall–Kier alpha value is -3.52. The zero-order valence-electron chi connectivity index (χ0n) is 15.5. The first-order valence-electron chi connectivity index (χ1n) is 9.51. The molecule has 4 aromatic rings. The van der Waals surface area contributed by atoms with Gasteiger partial charge in [-0.2, -0.15) is 0 Å². The SMILES string of the molecule is C1=Cc2ccccc2OC1.c1ccc2c(c1)COc1c-2ccc2ccccc12. The number of benzene rings is 4. The molecule has 0 aliphatic carbocycles. The van der Waals surface area contributed by atoms with E-state index in [1.165, 1.54) is 33.0 Å². The number of fused-ring (bicyclic) bond motifs is 6. The van der Waals surface area contributed by atoms with Gasteiger partial charge in [-0.3, -0.25) is 0 Å². The van der Waals surface area contributed by atoms with Crippen LogP contribution in [0.25, 0.3) is 28.0 Å². The van der Waals surface area contributed by atoms with Crippen molar-refractivity contribution in [1.29, 1.82) is 0 Å². The van der Waals surface area contributed by atoms with E-state index in [0.717, 1.165) is 11.5 Å². The summed E-state index contributed by atoms with van der Waals surface area (Å²) in [5.41, 5.74) is 4.94. The Balaban J connectivity index is 0.000000145. The molecular formula is C26H20O2. The average molecular weight is 364 g/mol. The van der Waals surface area contributed by atoms with E-state index in [1.54, 1.807) is 0 Å². The fourth-order valence-electron chi connectivity index (χ4n) is 3.73. The summed E-state index contributed by atoms with van der Waals surface area (Å²) >= 11 is 0. The second-order valence-corrected chi connectivity index (χ2v) is 6.86. The van der Waals surface area contributed by atoms with Crippen molar-refractivity contribution in [2.45, 2.75) is 6.61 Å². The maximum atomic E-state index is 5.96. The fourth-order valence-corrected chi connectivity index (χ4v) is 3.73. The van der Waals surface area contributed by atoms with Crippen LogP contribution in [0.4, 0.5) is 0 Å². The lowest BCUT2D eigenvalue weighted by molar-refractivity contribution is 0.306. The average Bonchev–Trinajstić information content (AvgIpc) is 2.79. The van der Waals surface area contributed by atoms with E-state index in [9.17, 15) is 0 Å². The third kappa shape index (κ3) is 3.03. The lowest BCUT2D eigenvalue weighted by atomic mass is 9.94. The maximum absolute atomic E-state index is 5.96. The second kappa shape index (κ2) is 7.24. The van der Waals surface area contributed by atoms with E-state index in [1.807, 2.05) is 30.3 Å².